The molecule has 0 bridgehead atoms. The zero-order valence-corrected chi connectivity index (χ0v) is 29.6. The maximum Gasteiger partial charge on any atom is 0.240 e. The van der Waals surface area contributed by atoms with Crippen LogP contribution in [0.5, 0.6) is 0 Å². The SMILES string of the molecule is CN(C)c1ccc(S(=O)(=O)NCCN(CCNS(=O)(=O)c2ccc(N(C)C)cc2)CCNS(=O)(=O)c2ccc(N(C)C)cc2)cc1. The Kier molecular flexibility index (Phi) is 13.0. The van der Waals surface area contributed by atoms with Gasteiger partial charge in [0.15, 0.2) is 0 Å². The van der Waals surface area contributed by atoms with Crippen molar-refractivity contribution in [3.63, 3.8) is 0 Å². The standard InChI is InChI=1S/C30H45N7O6S3/c1-34(2)25-7-13-28(14-8-25)44(38,39)31-19-22-37(23-20-32-45(40,41)29-15-9-26(10-16-29)35(3)4)24-21-33-46(42,43)30-17-11-27(12-18-30)36(5)6/h7-18,31-33H,19-24H2,1-6H3. The largest absolute Gasteiger partial charge is 0.378 e. The molecule has 0 spiro atoms. The lowest BCUT2D eigenvalue weighted by Crippen LogP contribution is -2.43. The molecule has 3 aromatic rings. The van der Waals surface area contributed by atoms with Gasteiger partial charge >= 0.3 is 0 Å². The first-order valence-corrected chi connectivity index (χ1v) is 19.0. The molecule has 0 atom stereocenters. The van der Waals surface area contributed by atoms with Crippen molar-refractivity contribution in [3.8, 4) is 0 Å². The number of nitrogens with zero attached hydrogens (tertiary/aromatic N) is 4. The van der Waals surface area contributed by atoms with E-state index in [1.165, 1.54) is 36.4 Å². The predicted molar refractivity (Wildman–Crippen MR) is 184 cm³/mol. The first kappa shape index (κ1) is 37.2. The van der Waals surface area contributed by atoms with Crippen molar-refractivity contribution in [3.05, 3.63) is 72.8 Å². The molecule has 254 valence electrons. The Balaban J connectivity index is 1.65. The number of sulfonamides is 3. The van der Waals surface area contributed by atoms with E-state index in [4.69, 9.17) is 0 Å². The van der Waals surface area contributed by atoms with Gasteiger partial charge in [-0.1, -0.05) is 0 Å². The minimum atomic E-state index is -3.80. The highest BCUT2D eigenvalue weighted by atomic mass is 32.2. The van der Waals surface area contributed by atoms with Crippen LogP contribution in [0.15, 0.2) is 87.5 Å². The maximum absolute atomic E-state index is 12.9. The number of nitrogens with one attached hydrogen (secondary N) is 3. The lowest BCUT2D eigenvalue weighted by molar-refractivity contribution is 0.287. The molecule has 3 rings (SSSR count). The number of rotatable bonds is 18. The summed E-state index contributed by atoms with van der Waals surface area (Å²) in [4.78, 5) is 7.72. The second kappa shape index (κ2) is 16.0. The molecule has 0 aromatic heterocycles. The topological polar surface area (TPSA) is 151 Å². The van der Waals surface area contributed by atoms with Gasteiger partial charge in [-0.15, -0.1) is 0 Å². The molecule has 0 saturated heterocycles. The van der Waals surface area contributed by atoms with E-state index in [1.807, 2.05) is 57.0 Å². The van der Waals surface area contributed by atoms with E-state index in [2.05, 4.69) is 14.2 Å². The second-order valence-electron chi connectivity index (χ2n) is 11.2. The summed E-state index contributed by atoms with van der Waals surface area (Å²) >= 11 is 0. The second-order valence-corrected chi connectivity index (χ2v) is 16.5. The smallest absolute Gasteiger partial charge is 0.240 e. The van der Waals surface area contributed by atoms with Crippen molar-refractivity contribution < 1.29 is 25.3 Å². The Morgan fingerprint density at radius 1 is 0.413 bits per heavy atom. The van der Waals surface area contributed by atoms with Crippen molar-refractivity contribution in [2.45, 2.75) is 14.7 Å². The van der Waals surface area contributed by atoms with Gasteiger partial charge in [-0.3, -0.25) is 4.90 Å². The normalized spacial score (nSPS) is 12.3. The quantitative estimate of drug-likeness (QED) is 0.178. The fraction of sp³-hybridized carbons (Fsp3) is 0.400. The Bertz CT molecular complexity index is 1520. The summed E-state index contributed by atoms with van der Waals surface area (Å²) in [6, 6.07) is 19.4. The molecule has 0 aliphatic carbocycles. The molecule has 0 radical (unpaired) electrons. The molecule has 0 amide bonds. The molecule has 0 aliphatic heterocycles. The van der Waals surface area contributed by atoms with E-state index in [0.717, 1.165) is 17.1 Å². The summed E-state index contributed by atoms with van der Waals surface area (Å²) in [5, 5.41) is 0. The predicted octanol–water partition coefficient (Wildman–Crippen LogP) is 1.42. The Morgan fingerprint density at radius 2 is 0.630 bits per heavy atom. The summed E-state index contributed by atoms with van der Waals surface area (Å²) in [5.74, 6) is 0. The van der Waals surface area contributed by atoms with Crippen LogP contribution >= 0.6 is 0 Å². The first-order chi connectivity index (χ1) is 21.5. The molecule has 13 nitrogen and oxygen atoms in total. The minimum Gasteiger partial charge on any atom is -0.378 e. The van der Waals surface area contributed by atoms with Crippen LogP contribution in [0.25, 0.3) is 0 Å². The fourth-order valence-corrected chi connectivity index (χ4v) is 7.43. The first-order valence-electron chi connectivity index (χ1n) is 14.6. The van der Waals surface area contributed by atoms with E-state index in [1.54, 1.807) is 41.3 Å². The molecule has 3 N–H and O–H groups in total. The zero-order chi connectivity index (χ0) is 34.1. The van der Waals surface area contributed by atoms with E-state index in [0.29, 0.717) is 0 Å². The highest BCUT2D eigenvalue weighted by Gasteiger charge is 2.18. The van der Waals surface area contributed by atoms with Crippen molar-refractivity contribution in [1.29, 1.82) is 0 Å². The van der Waals surface area contributed by atoms with Gasteiger partial charge < -0.3 is 14.7 Å². The van der Waals surface area contributed by atoms with Crippen LogP contribution in [0, 0.1) is 0 Å². The van der Waals surface area contributed by atoms with Gasteiger partial charge in [0.25, 0.3) is 0 Å². The molecule has 16 heteroatoms. The third-order valence-corrected chi connectivity index (χ3v) is 11.6. The van der Waals surface area contributed by atoms with Crippen LogP contribution in [0.2, 0.25) is 0 Å². The van der Waals surface area contributed by atoms with Gasteiger partial charge in [0.05, 0.1) is 14.7 Å². The highest BCUT2D eigenvalue weighted by molar-refractivity contribution is 7.90. The number of anilines is 3. The summed E-state index contributed by atoms with van der Waals surface area (Å²) in [5.41, 5.74) is 2.58. The third-order valence-electron chi connectivity index (χ3n) is 7.15. The van der Waals surface area contributed by atoms with Gasteiger partial charge in [0.2, 0.25) is 30.1 Å². The lowest BCUT2D eigenvalue weighted by Gasteiger charge is -2.23. The summed E-state index contributed by atoms with van der Waals surface area (Å²) in [6.07, 6.45) is 0. The molecular weight excluding hydrogens is 651 g/mol. The van der Waals surface area contributed by atoms with Crippen LogP contribution in [-0.4, -0.2) is 112 Å². The summed E-state index contributed by atoms with van der Waals surface area (Å²) in [7, 11) is -0.252. The van der Waals surface area contributed by atoms with Crippen molar-refractivity contribution in [2.24, 2.45) is 0 Å². The van der Waals surface area contributed by atoms with Crippen molar-refractivity contribution in [1.82, 2.24) is 19.1 Å². The van der Waals surface area contributed by atoms with Gasteiger partial charge in [0.1, 0.15) is 0 Å². The highest BCUT2D eigenvalue weighted by Crippen LogP contribution is 2.18. The minimum absolute atomic E-state index is 0.0231. The van der Waals surface area contributed by atoms with Crippen LogP contribution in [0.3, 0.4) is 0 Å². The lowest BCUT2D eigenvalue weighted by atomic mass is 10.3. The fourth-order valence-electron chi connectivity index (χ4n) is 4.37. The van der Waals surface area contributed by atoms with E-state index < -0.39 is 30.1 Å². The Hall–Kier alpha value is -3.25. The third kappa shape index (κ3) is 10.7. The molecule has 46 heavy (non-hydrogen) atoms. The average Bonchev–Trinajstić information content (AvgIpc) is 3.00. The van der Waals surface area contributed by atoms with Crippen LogP contribution in [-0.2, 0) is 30.1 Å². The Morgan fingerprint density at radius 3 is 0.826 bits per heavy atom. The van der Waals surface area contributed by atoms with Gasteiger partial charge in [-0.05, 0) is 72.8 Å². The van der Waals surface area contributed by atoms with Crippen LogP contribution < -0.4 is 28.9 Å². The van der Waals surface area contributed by atoms with Gasteiger partial charge in [-0.2, -0.15) is 0 Å². The van der Waals surface area contributed by atoms with Crippen LogP contribution in [0.4, 0.5) is 17.1 Å². The van der Waals surface area contributed by atoms with E-state index >= 15 is 0 Å². The van der Waals surface area contributed by atoms with Crippen molar-refractivity contribution >= 4 is 47.1 Å². The molecule has 0 aliphatic rings. The van der Waals surface area contributed by atoms with Gasteiger partial charge in [-0.25, -0.2) is 39.4 Å². The van der Waals surface area contributed by atoms with Gasteiger partial charge in [0, 0.05) is 98.6 Å². The number of hydrogen-bond donors (Lipinski definition) is 3. The monoisotopic (exact) mass is 695 g/mol. The number of hydrogen-bond acceptors (Lipinski definition) is 10. The average molecular weight is 696 g/mol. The molecule has 0 heterocycles. The summed E-state index contributed by atoms with van der Waals surface area (Å²) < 4.78 is 85.1. The maximum atomic E-state index is 12.9. The van der Waals surface area contributed by atoms with E-state index in [-0.39, 0.29) is 54.0 Å². The molecule has 0 saturated carbocycles. The number of benzene rings is 3. The molecule has 3 aromatic carbocycles. The molecular formula is C30H45N7O6S3. The van der Waals surface area contributed by atoms with Crippen LogP contribution in [0.1, 0.15) is 0 Å². The Labute approximate surface area is 274 Å². The molecule has 0 fully saturated rings. The van der Waals surface area contributed by atoms with Crippen molar-refractivity contribution in [2.75, 3.05) is 96.3 Å². The summed E-state index contributed by atoms with van der Waals surface area (Å²) in [6.45, 7) is 0.675. The molecule has 0 unspecified atom stereocenters. The van der Waals surface area contributed by atoms with E-state index in [9.17, 15) is 25.3 Å². The zero-order valence-electron chi connectivity index (χ0n) is 27.1.